The van der Waals surface area contributed by atoms with E-state index in [0.29, 0.717) is 29.0 Å². The number of ether oxygens (including phenoxy) is 2. The van der Waals surface area contributed by atoms with Crippen LogP contribution in [-0.4, -0.2) is 41.4 Å². The fourth-order valence-corrected chi connectivity index (χ4v) is 3.61. The standard InChI is InChI=1S/C23H27FN2O4/c1-5-29-19-10-15-11-26(23(25)20(15)21(24)22(19)30-6-2)12-18(28)14-7-8-17(27)16(9-14)13(3)4/h7-10,13,25,27H,5-6,11-12H2,1-4H3. The van der Waals surface area contributed by atoms with E-state index in [1.807, 2.05) is 13.8 Å². The number of phenolic OH excluding ortho intramolecular Hbond substituents is 1. The molecule has 1 aliphatic heterocycles. The number of nitrogens with zero attached hydrogens (tertiary/aromatic N) is 1. The van der Waals surface area contributed by atoms with E-state index in [-0.39, 0.29) is 54.3 Å². The molecule has 0 saturated heterocycles. The third kappa shape index (κ3) is 3.97. The molecule has 0 atom stereocenters. The van der Waals surface area contributed by atoms with Crippen LogP contribution in [0.1, 0.15) is 60.7 Å². The van der Waals surface area contributed by atoms with Gasteiger partial charge in [0.05, 0.1) is 25.3 Å². The minimum Gasteiger partial charge on any atom is -0.508 e. The normalized spacial score (nSPS) is 13.0. The first-order chi connectivity index (χ1) is 14.3. The lowest BCUT2D eigenvalue weighted by atomic mass is 9.98. The number of Topliss-reactive ketones (excluding diaryl/α,β-unsaturated/α-hetero) is 1. The molecule has 2 aromatic carbocycles. The van der Waals surface area contributed by atoms with Gasteiger partial charge >= 0.3 is 0 Å². The van der Waals surface area contributed by atoms with Crippen LogP contribution in [-0.2, 0) is 6.54 Å². The van der Waals surface area contributed by atoms with E-state index in [0.717, 1.165) is 0 Å². The number of hydrogen-bond donors (Lipinski definition) is 2. The van der Waals surface area contributed by atoms with E-state index in [2.05, 4.69) is 0 Å². The van der Waals surface area contributed by atoms with Gasteiger partial charge in [-0.25, -0.2) is 4.39 Å². The second-order valence-corrected chi connectivity index (χ2v) is 7.47. The van der Waals surface area contributed by atoms with Crippen molar-refractivity contribution in [1.82, 2.24) is 4.90 Å². The van der Waals surface area contributed by atoms with Crippen molar-refractivity contribution in [1.29, 1.82) is 5.41 Å². The van der Waals surface area contributed by atoms with Gasteiger partial charge in [0.15, 0.2) is 23.1 Å². The lowest BCUT2D eigenvalue weighted by Crippen LogP contribution is -2.30. The van der Waals surface area contributed by atoms with Crippen LogP contribution >= 0.6 is 0 Å². The first-order valence-corrected chi connectivity index (χ1v) is 10.1. The number of amidine groups is 1. The van der Waals surface area contributed by atoms with Crippen molar-refractivity contribution in [3.05, 3.63) is 52.3 Å². The smallest absolute Gasteiger partial charge is 0.197 e. The maximum atomic E-state index is 15.1. The summed E-state index contributed by atoms with van der Waals surface area (Å²) in [4.78, 5) is 14.4. The number of rotatable bonds is 8. The van der Waals surface area contributed by atoms with Crippen LogP contribution in [0, 0.1) is 11.2 Å². The average Bonchev–Trinajstić information content (AvgIpc) is 3.00. The SMILES string of the molecule is CCOc1cc2c(c(F)c1OCC)C(=N)N(CC(=O)c1ccc(O)c(C(C)C)c1)C2. The summed E-state index contributed by atoms with van der Waals surface area (Å²) in [7, 11) is 0. The van der Waals surface area contributed by atoms with Crippen LogP contribution in [0.4, 0.5) is 4.39 Å². The molecule has 3 rings (SSSR count). The van der Waals surface area contributed by atoms with Crippen LogP contribution < -0.4 is 9.47 Å². The van der Waals surface area contributed by atoms with Gasteiger partial charge in [0.1, 0.15) is 11.6 Å². The molecule has 1 aliphatic rings. The second kappa shape index (κ2) is 8.73. The van der Waals surface area contributed by atoms with Crippen molar-refractivity contribution >= 4 is 11.6 Å². The van der Waals surface area contributed by atoms with Gasteiger partial charge in [0.25, 0.3) is 0 Å². The van der Waals surface area contributed by atoms with Gasteiger partial charge in [-0.3, -0.25) is 10.2 Å². The van der Waals surface area contributed by atoms with E-state index >= 15 is 4.39 Å². The van der Waals surface area contributed by atoms with Crippen LogP contribution in [0.2, 0.25) is 0 Å². The zero-order valence-electron chi connectivity index (χ0n) is 17.7. The molecule has 0 amide bonds. The Morgan fingerprint density at radius 2 is 1.93 bits per heavy atom. The van der Waals surface area contributed by atoms with E-state index in [1.165, 1.54) is 11.0 Å². The first-order valence-electron chi connectivity index (χ1n) is 10.1. The molecule has 0 aromatic heterocycles. The van der Waals surface area contributed by atoms with Crippen LogP contribution in [0.5, 0.6) is 17.2 Å². The van der Waals surface area contributed by atoms with Crippen LogP contribution in [0.3, 0.4) is 0 Å². The number of phenols is 1. The van der Waals surface area contributed by atoms with Crippen LogP contribution in [0.15, 0.2) is 24.3 Å². The first kappa shape index (κ1) is 21.6. The fourth-order valence-electron chi connectivity index (χ4n) is 3.61. The van der Waals surface area contributed by atoms with Gasteiger partial charge in [-0.1, -0.05) is 13.8 Å². The van der Waals surface area contributed by atoms with Gasteiger partial charge in [0, 0.05) is 12.1 Å². The third-order valence-corrected chi connectivity index (χ3v) is 5.08. The highest BCUT2D eigenvalue weighted by molar-refractivity contribution is 6.05. The summed E-state index contributed by atoms with van der Waals surface area (Å²) in [5, 5.41) is 18.4. The van der Waals surface area contributed by atoms with Gasteiger partial charge in [-0.15, -0.1) is 0 Å². The van der Waals surface area contributed by atoms with Gasteiger partial charge in [-0.05, 0) is 55.2 Å². The molecule has 0 aliphatic carbocycles. The molecule has 1 heterocycles. The average molecular weight is 414 g/mol. The molecular formula is C23H27FN2O4. The van der Waals surface area contributed by atoms with Crippen molar-refractivity contribution in [3.8, 4) is 17.2 Å². The number of aromatic hydroxyl groups is 1. The molecule has 0 unspecified atom stereocenters. The monoisotopic (exact) mass is 414 g/mol. The van der Waals surface area contributed by atoms with E-state index in [1.54, 1.807) is 32.0 Å². The topological polar surface area (TPSA) is 82.9 Å². The summed E-state index contributed by atoms with van der Waals surface area (Å²) in [6.45, 7) is 8.22. The Hall–Kier alpha value is -3.09. The number of carbonyl (C=O) groups excluding carboxylic acids is 1. The molecule has 2 N–H and O–H groups in total. The molecule has 0 spiro atoms. The maximum absolute atomic E-state index is 15.1. The minimum atomic E-state index is -0.635. The second-order valence-electron chi connectivity index (χ2n) is 7.47. The largest absolute Gasteiger partial charge is 0.508 e. The number of halogens is 1. The molecule has 30 heavy (non-hydrogen) atoms. The summed E-state index contributed by atoms with van der Waals surface area (Å²) < 4.78 is 26.1. The van der Waals surface area contributed by atoms with Gasteiger partial charge < -0.3 is 19.5 Å². The lowest BCUT2D eigenvalue weighted by molar-refractivity contribution is 0.0962. The summed E-state index contributed by atoms with van der Waals surface area (Å²) in [5.74, 6) is -0.378. The minimum absolute atomic E-state index is 0.00358. The zero-order chi connectivity index (χ0) is 22.0. The molecular weight excluding hydrogens is 387 g/mol. The molecule has 2 aromatic rings. The Morgan fingerprint density at radius 3 is 2.57 bits per heavy atom. The Balaban J connectivity index is 1.87. The highest BCUT2D eigenvalue weighted by Crippen LogP contribution is 2.39. The Morgan fingerprint density at radius 1 is 1.23 bits per heavy atom. The molecule has 0 fully saturated rings. The van der Waals surface area contributed by atoms with Crippen molar-refractivity contribution in [2.75, 3.05) is 19.8 Å². The molecule has 6 nitrogen and oxygen atoms in total. The van der Waals surface area contributed by atoms with E-state index < -0.39 is 5.82 Å². The fraction of sp³-hybridized carbons (Fsp3) is 0.391. The predicted octanol–water partition coefficient (Wildman–Crippen LogP) is 4.48. The predicted molar refractivity (Wildman–Crippen MR) is 113 cm³/mol. The van der Waals surface area contributed by atoms with Gasteiger partial charge in [0.2, 0.25) is 0 Å². The van der Waals surface area contributed by atoms with Crippen molar-refractivity contribution in [2.45, 2.75) is 40.2 Å². The quantitative estimate of drug-likeness (QED) is 0.623. The van der Waals surface area contributed by atoms with Crippen LogP contribution in [0.25, 0.3) is 0 Å². The summed E-state index contributed by atoms with van der Waals surface area (Å²) in [5.41, 5.74) is 1.87. The Labute approximate surface area is 175 Å². The number of ketones is 1. The molecule has 0 bridgehead atoms. The molecule has 0 saturated carbocycles. The lowest BCUT2D eigenvalue weighted by Gasteiger charge is -2.18. The Bertz CT molecular complexity index is 988. The van der Waals surface area contributed by atoms with Crippen molar-refractivity contribution in [3.63, 3.8) is 0 Å². The highest BCUT2D eigenvalue weighted by Gasteiger charge is 2.33. The summed E-state index contributed by atoms with van der Waals surface area (Å²) >= 11 is 0. The molecule has 0 radical (unpaired) electrons. The molecule has 160 valence electrons. The number of nitrogens with one attached hydrogen (secondary N) is 1. The zero-order valence-corrected chi connectivity index (χ0v) is 17.7. The number of fused-ring (bicyclic) bond motifs is 1. The van der Waals surface area contributed by atoms with Crippen molar-refractivity contribution < 1.29 is 23.8 Å². The van der Waals surface area contributed by atoms with Crippen molar-refractivity contribution in [2.24, 2.45) is 0 Å². The highest BCUT2D eigenvalue weighted by atomic mass is 19.1. The number of carbonyl (C=O) groups is 1. The summed E-state index contributed by atoms with van der Waals surface area (Å²) in [6, 6.07) is 6.44. The van der Waals surface area contributed by atoms with E-state index in [4.69, 9.17) is 14.9 Å². The maximum Gasteiger partial charge on any atom is 0.197 e. The van der Waals surface area contributed by atoms with Gasteiger partial charge in [-0.2, -0.15) is 0 Å². The van der Waals surface area contributed by atoms with E-state index in [9.17, 15) is 9.90 Å². The molecule has 7 heteroatoms. The number of benzene rings is 2. The third-order valence-electron chi connectivity index (χ3n) is 5.08. The Kier molecular flexibility index (Phi) is 6.29. The summed E-state index contributed by atoms with van der Waals surface area (Å²) in [6.07, 6.45) is 0. The number of hydrogen-bond acceptors (Lipinski definition) is 5.